The Morgan fingerprint density at radius 3 is 2.25 bits per heavy atom. The molecule has 1 N–H and O–H groups in total. The van der Waals surface area contributed by atoms with Gasteiger partial charge in [0, 0.05) is 44.5 Å². The summed E-state index contributed by atoms with van der Waals surface area (Å²) in [6, 6.07) is 12.0. The van der Waals surface area contributed by atoms with E-state index in [9.17, 15) is 4.39 Å². The van der Waals surface area contributed by atoms with Crippen molar-refractivity contribution in [3.63, 3.8) is 0 Å². The van der Waals surface area contributed by atoms with Crippen molar-refractivity contribution in [2.45, 2.75) is 33.2 Å². The highest BCUT2D eigenvalue weighted by molar-refractivity contribution is 5.60. The smallest absolute Gasteiger partial charge is 0.184 e. The first kappa shape index (κ1) is 22.3. The molecule has 0 radical (unpaired) electrons. The van der Waals surface area contributed by atoms with Gasteiger partial charge in [0.2, 0.25) is 0 Å². The number of nitrogens with one attached hydrogen (secondary N) is 1. The maximum Gasteiger partial charge on any atom is 0.184 e. The number of aryl methyl sites for hydroxylation is 1. The highest BCUT2D eigenvalue weighted by Crippen LogP contribution is 2.22. The van der Waals surface area contributed by atoms with Crippen molar-refractivity contribution < 1.29 is 4.39 Å². The molecule has 0 saturated carbocycles. The molecular formula is C25H31FN6. The van der Waals surface area contributed by atoms with Crippen molar-refractivity contribution >= 4 is 11.6 Å². The van der Waals surface area contributed by atoms with Crippen molar-refractivity contribution in [2.24, 2.45) is 0 Å². The Kier molecular flexibility index (Phi) is 7.39. The number of likely N-dealkylation sites (N-methyl/N-ethyl adjacent to an activating group) is 1. The molecule has 168 valence electrons. The number of nitrogens with zero attached hydrogens (tertiary/aromatic N) is 5. The van der Waals surface area contributed by atoms with Gasteiger partial charge in [-0.1, -0.05) is 50.6 Å². The predicted molar refractivity (Wildman–Crippen MR) is 126 cm³/mol. The van der Waals surface area contributed by atoms with E-state index < -0.39 is 5.82 Å². The van der Waals surface area contributed by atoms with Crippen LogP contribution >= 0.6 is 0 Å². The summed E-state index contributed by atoms with van der Waals surface area (Å²) in [6.45, 7) is 10.7. The van der Waals surface area contributed by atoms with Gasteiger partial charge in [0.25, 0.3) is 0 Å². The topological polar surface area (TPSA) is 57.2 Å². The van der Waals surface area contributed by atoms with E-state index in [0.717, 1.165) is 63.2 Å². The molecule has 1 fully saturated rings. The van der Waals surface area contributed by atoms with E-state index in [0.29, 0.717) is 11.6 Å². The molecule has 4 rings (SSSR count). The number of piperazine rings is 1. The van der Waals surface area contributed by atoms with Gasteiger partial charge in [-0.15, -0.1) is 0 Å². The number of anilines is 2. The zero-order chi connectivity index (χ0) is 22.3. The van der Waals surface area contributed by atoms with E-state index >= 15 is 0 Å². The van der Waals surface area contributed by atoms with Crippen LogP contribution in [0, 0.1) is 5.82 Å². The van der Waals surface area contributed by atoms with Crippen LogP contribution < -0.4 is 5.32 Å². The van der Waals surface area contributed by atoms with Crippen LogP contribution in [-0.4, -0.2) is 57.5 Å². The number of hydrogen-bond acceptors (Lipinski definition) is 6. The molecule has 0 unspecified atom stereocenters. The van der Waals surface area contributed by atoms with Crippen LogP contribution in [0.5, 0.6) is 0 Å². The second-order valence-corrected chi connectivity index (χ2v) is 8.22. The monoisotopic (exact) mass is 434 g/mol. The lowest BCUT2D eigenvalue weighted by molar-refractivity contribution is 0.132. The molecule has 1 aliphatic heterocycles. The van der Waals surface area contributed by atoms with E-state index in [2.05, 4.69) is 56.0 Å². The Hall–Kier alpha value is -2.90. The zero-order valence-corrected chi connectivity index (χ0v) is 18.9. The summed E-state index contributed by atoms with van der Waals surface area (Å²) >= 11 is 0. The van der Waals surface area contributed by atoms with Crippen molar-refractivity contribution in [2.75, 3.05) is 38.0 Å². The Labute approximate surface area is 189 Å². The van der Waals surface area contributed by atoms with Gasteiger partial charge < -0.3 is 10.2 Å². The van der Waals surface area contributed by atoms with Crippen LogP contribution in [0.1, 0.15) is 31.4 Å². The number of hydrogen-bond donors (Lipinski definition) is 1. The third kappa shape index (κ3) is 5.66. The zero-order valence-electron chi connectivity index (χ0n) is 18.9. The summed E-state index contributed by atoms with van der Waals surface area (Å²) in [5.41, 5.74) is 3.28. The van der Waals surface area contributed by atoms with E-state index in [1.807, 2.05) is 30.5 Å². The minimum absolute atomic E-state index is 0.128. The first-order valence-electron chi connectivity index (χ1n) is 11.4. The molecule has 0 aliphatic carbocycles. The van der Waals surface area contributed by atoms with Crippen LogP contribution in [0.2, 0.25) is 0 Å². The molecule has 0 atom stereocenters. The molecule has 7 heteroatoms. The normalized spacial score (nSPS) is 15.1. The molecule has 2 aromatic heterocycles. The first-order valence-corrected chi connectivity index (χ1v) is 11.4. The minimum atomic E-state index is -0.504. The Balaban J connectivity index is 1.41. The molecule has 6 nitrogen and oxygen atoms in total. The van der Waals surface area contributed by atoms with Crippen LogP contribution in [-0.2, 0) is 13.0 Å². The van der Waals surface area contributed by atoms with Crippen molar-refractivity contribution in [1.29, 1.82) is 0 Å². The van der Waals surface area contributed by atoms with Gasteiger partial charge in [-0.05, 0) is 30.2 Å². The van der Waals surface area contributed by atoms with Gasteiger partial charge in [0.15, 0.2) is 17.5 Å². The SMILES string of the molecule is CCCc1ccc(-c2ncc(F)c(Nc3ccc(CN4CCN(CC)CC4)cn3)n2)cc1. The van der Waals surface area contributed by atoms with Gasteiger partial charge in [-0.2, -0.15) is 0 Å². The third-order valence-corrected chi connectivity index (χ3v) is 5.88. The van der Waals surface area contributed by atoms with E-state index in [1.165, 1.54) is 11.8 Å². The second kappa shape index (κ2) is 10.6. The van der Waals surface area contributed by atoms with Gasteiger partial charge >= 0.3 is 0 Å². The summed E-state index contributed by atoms with van der Waals surface area (Å²) in [5, 5.41) is 3.00. The average Bonchev–Trinajstić information content (AvgIpc) is 2.83. The van der Waals surface area contributed by atoms with Gasteiger partial charge in [-0.25, -0.2) is 19.3 Å². The molecule has 0 bridgehead atoms. The van der Waals surface area contributed by atoms with E-state index in [-0.39, 0.29) is 5.82 Å². The van der Waals surface area contributed by atoms with Gasteiger partial charge in [0.1, 0.15) is 5.82 Å². The lowest BCUT2D eigenvalue weighted by Crippen LogP contribution is -2.45. The van der Waals surface area contributed by atoms with Crippen molar-refractivity contribution in [3.8, 4) is 11.4 Å². The number of benzene rings is 1. The summed E-state index contributed by atoms with van der Waals surface area (Å²) in [7, 11) is 0. The maximum absolute atomic E-state index is 14.4. The molecule has 1 aromatic carbocycles. The largest absolute Gasteiger partial charge is 0.322 e. The second-order valence-electron chi connectivity index (χ2n) is 8.22. The number of halogens is 1. The summed E-state index contributed by atoms with van der Waals surface area (Å²) in [6.07, 6.45) is 5.19. The highest BCUT2D eigenvalue weighted by Gasteiger charge is 2.16. The maximum atomic E-state index is 14.4. The number of aromatic nitrogens is 3. The van der Waals surface area contributed by atoms with Crippen LogP contribution in [0.25, 0.3) is 11.4 Å². The lowest BCUT2D eigenvalue weighted by Gasteiger charge is -2.33. The van der Waals surface area contributed by atoms with Crippen molar-refractivity contribution in [1.82, 2.24) is 24.8 Å². The lowest BCUT2D eigenvalue weighted by atomic mass is 10.1. The fourth-order valence-electron chi connectivity index (χ4n) is 3.94. The summed E-state index contributed by atoms with van der Waals surface area (Å²) in [4.78, 5) is 17.9. The van der Waals surface area contributed by atoms with Crippen LogP contribution in [0.3, 0.4) is 0 Å². The Morgan fingerprint density at radius 2 is 1.59 bits per heavy atom. The van der Waals surface area contributed by atoms with Gasteiger partial charge in [0.05, 0.1) is 6.20 Å². The molecule has 1 aliphatic rings. The molecule has 3 heterocycles. The predicted octanol–water partition coefficient (Wildman–Crippen LogP) is 4.51. The fraction of sp³-hybridized carbons (Fsp3) is 0.400. The first-order chi connectivity index (χ1) is 15.6. The molecular weight excluding hydrogens is 403 g/mol. The molecule has 3 aromatic rings. The highest BCUT2D eigenvalue weighted by atomic mass is 19.1. The minimum Gasteiger partial charge on any atom is -0.322 e. The average molecular weight is 435 g/mol. The quantitative estimate of drug-likeness (QED) is 0.563. The Bertz CT molecular complexity index is 998. The summed E-state index contributed by atoms with van der Waals surface area (Å²) < 4.78 is 14.4. The molecule has 0 spiro atoms. The fourth-order valence-corrected chi connectivity index (χ4v) is 3.94. The van der Waals surface area contributed by atoms with Gasteiger partial charge in [-0.3, -0.25) is 4.90 Å². The number of pyridine rings is 1. The van der Waals surface area contributed by atoms with E-state index in [4.69, 9.17) is 0 Å². The molecule has 32 heavy (non-hydrogen) atoms. The Morgan fingerprint density at radius 1 is 0.875 bits per heavy atom. The van der Waals surface area contributed by atoms with Crippen LogP contribution in [0.4, 0.5) is 16.0 Å². The molecule has 1 saturated heterocycles. The number of rotatable bonds is 8. The van der Waals surface area contributed by atoms with E-state index in [1.54, 1.807) is 0 Å². The van der Waals surface area contributed by atoms with Crippen LogP contribution in [0.15, 0.2) is 48.8 Å². The standard InChI is InChI=1S/C25H31FN6/c1-3-5-19-6-9-21(10-7-19)24-28-17-22(26)25(30-24)29-23-11-8-20(16-27-23)18-32-14-12-31(4-2)13-15-32/h6-11,16-17H,3-5,12-15,18H2,1-2H3,(H,27,28,29,30). The molecule has 0 amide bonds. The third-order valence-electron chi connectivity index (χ3n) is 5.88. The summed E-state index contributed by atoms with van der Waals surface area (Å²) in [5.74, 6) is 0.672. The van der Waals surface area contributed by atoms with Crippen molar-refractivity contribution in [3.05, 3.63) is 65.7 Å².